The Morgan fingerprint density at radius 2 is 2.35 bits per heavy atom. The predicted molar refractivity (Wildman–Crippen MR) is 78.8 cm³/mol. The lowest BCUT2D eigenvalue weighted by atomic mass is 9.80. The topological polar surface area (TPSA) is 26.3 Å². The van der Waals surface area contributed by atoms with Crippen LogP contribution in [0.3, 0.4) is 0 Å². The van der Waals surface area contributed by atoms with Crippen molar-refractivity contribution < 1.29 is 13.9 Å². The first-order chi connectivity index (χ1) is 9.60. The molecule has 0 saturated carbocycles. The van der Waals surface area contributed by atoms with Crippen molar-refractivity contribution in [1.82, 2.24) is 0 Å². The van der Waals surface area contributed by atoms with E-state index in [1.54, 1.807) is 6.07 Å². The van der Waals surface area contributed by atoms with Crippen LogP contribution in [0, 0.1) is 18.7 Å². The van der Waals surface area contributed by atoms with Crippen molar-refractivity contribution >= 4 is 17.5 Å². The van der Waals surface area contributed by atoms with Gasteiger partial charge >= 0.3 is 0 Å². The summed E-state index contributed by atoms with van der Waals surface area (Å²) in [6.07, 6.45) is 2.57. The van der Waals surface area contributed by atoms with E-state index in [4.69, 9.17) is 4.74 Å². The molecule has 2 unspecified atom stereocenters. The van der Waals surface area contributed by atoms with E-state index in [2.05, 4.69) is 0 Å². The van der Waals surface area contributed by atoms with Crippen LogP contribution in [0.2, 0.25) is 0 Å². The van der Waals surface area contributed by atoms with Crippen LogP contribution in [-0.2, 0) is 4.74 Å². The quantitative estimate of drug-likeness (QED) is 0.779. The van der Waals surface area contributed by atoms with E-state index in [1.165, 1.54) is 12.1 Å². The van der Waals surface area contributed by atoms with Crippen molar-refractivity contribution in [3.63, 3.8) is 0 Å². The second-order valence-corrected chi connectivity index (χ2v) is 6.95. The molecule has 2 atom stereocenters. The van der Waals surface area contributed by atoms with E-state index >= 15 is 0 Å². The van der Waals surface area contributed by atoms with Crippen LogP contribution in [-0.4, -0.2) is 29.5 Å². The van der Waals surface area contributed by atoms with Crippen molar-refractivity contribution in [3.8, 4) is 0 Å². The number of ketones is 1. The molecule has 0 aromatic heterocycles. The van der Waals surface area contributed by atoms with Crippen molar-refractivity contribution in [3.05, 3.63) is 35.1 Å². The summed E-state index contributed by atoms with van der Waals surface area (Å²) in [5, 5.41) is 0. The van der Waals surface area contributed by atoms with Crippen molar-refractivity contribution in [2.45, 2.75) is 31.8 Å². The second kappa shape index (κ2) is 5.49. The lowest BCUT2D eigenvalue weighted by Crippen LogP contribution is -2.42. The van der Waals surface area contributed by atoms with E-state index in [0.29, 0.717) is 12.2 Å². The van der Waals surface area contributed by atoms with E-state index in [9.17, 15) is 9.18 Å². The molecule has 2 saturated heterocycles. The number of benzene rings is 1. The first kappa shape index (κ1) is 14.1. The molecule has 4 heteroatoms. The Hall–Kier alpha value is -0.870. The van der Waals surface area contributed by atoms with Gasteiger partial charge in [0.05, 0.1) is 5.60 Å². The molecular weight excluding hydrogens is 275 g/mol. The fourth-order valence-electron chi connectivity index (χ4n) is 3.19. The number of rotatable bonds is 2. The summed E-state index contributed by atoms with van der Waals surface area (Å²) in [5.74, 6) is 1.82. The summed E-state index contributed by atoms with van der Waals surface area (Å²) < 4.78 is 19.3. The van der Waals surface area contributed by atoms with Crippen LogP contribution in [0.1, 0.15) is 35.2 Å². The third-order valence-electron chi connectivity index (χ3n) is 4.40. The highest BCUT2D eigenvalue weighted by molar-refractivity contribution is 7.99. The molecule has 0 N–H and O–H groups in total. The molecule has 2 aliphatic rings. The van der Waals surface area contributed by atoms with Crippen LogP contribution in [0.15, 0.2) is 18.2 Å². The van der Waals surface area contributed by atoms with Gasteiger partial charge < -0.3 is 4.74 Å². The fraction of sp³-hybridized carbons (Fsp3) is 0.562. The molecule has 3 rings (SSSR count). The van der Waals surface area contributed by atoms with E-state index in [-0.39, 0.29) is 23.1 Å². The van der Waals surface area contributed by atoms with Gasteiger partial charge in [0.1, 0.15) is 5.82 Å². The lowest BCUT2D eigenvalue weighted by Gasteiger charge is -2.37. The number of ether oxygens (including phenoxy) is 1. The number of carbonyl (C=O) groups is 1. The molecule has 2 aliphatic heterocycles. The molecule has 1 aromatic rings. The maximum Gasteiger partial charge on any atom is 0.166 e. The molecule has 2 fully saturated rings. The molecule has 1 spiro atoms. The van der Waals surface area contributed by atoms with Gasteiger partial charge in [-0.2, -0.15) is 11.8 Å². The Morgan fingerprint density at radius 3 is 3.10 bits per heavy atom. The fourth-order valence-corrected chi connectivity index (χ4v) is 4.57. The van der Waals surface area contributed by atoms with Crippen LogP contribution in [0.5, 0.6) is 0 Å². The summed E-state index contributed by atoms with van der Waals surface area (Å²) in [6, 6.07) is 4.47. The third-order valence-corrected chi connectivity index (χ3v) is 5.62. The number of hydrogen-bond acceptors (Lipinski definition) is 3. The average molecular weight is 294 g/mol. The minimum Gasteiger partial charge on any atom is -0.374 e. The summed E-state index contributed by atoms with van der Waals surface area (Å²) in [4.78, 5) is 12.7. The van der Waals surface area contributed by atoms with Gasteiger partial charge in [0.15, 0.2) is 5.78 Å². The van der Waals surface area contributed by atoms with E-state index in [0.717, 1.165) is 36.3 Å². The number of carbonyl (C=O) groups excluding carboxylic acids is 1. The Bertz CT molecular complexity index is 523. The van der Waals surface area contributed by atoms with Gasteiger partial charge in [0.25, 0.3) is 0 Å². The monoisotopic (exact) mass is 294 g/mol. The third kappa shape index (κ3) is 2.63. The zero-order chi connectivity index (χ0) is 14.2. The minimum absolute atomic E-state index is 0.0250. The van der Waals surface area contributed by atoms with Gasteiger partial charge in [-0.25, -0.2) is 4.39 Å². The molecule has 0 bridgehead atoms. The number of hydrogen-bond donors (Lipinski definition) is 0. The first-order valence-corrected chi connectivity index (χ1v) is 8.27. The molecule has 20 heavy (non-hydrogen) atoms. The van der Waals surface area contributed by atoms with Crippen LogP contribution in [0.4, 0.5) is 4.39 Å². The molecule has 0 aliphatic carbocycles. The highest BCUT2D eigenvalue weighted by atomic mass is 32.2. The van der Waals surface area contributed by atoms with Crippen molar-refractivity contribution in [2.75, 3.05) is 18.1 Å². The molecule has 2 heterocycles. The molecule has 0 amide bonds. The standard InChI is InChI=1S/C16H19FO2S/c1-11-2-3-13(17)8-14(11)15(18)12-4-6-19-16(9-12)5-7-20-10-16/h2-3,8,12H,4-7,9-10H2,1H3. The lowest BCUT2D eigenvalue weighted by molar-refractivity contribution is -0.0734. The van der Waals surface area contributed by atoms with Gasteiger partial charge in [-0.1, -0.05) is 6.07 Å². The normalized spacial score (nSPS) is 29.8. The van der Waals surface area contributed by atoms with Crippen LogP contribution < -0.4 is 0 Å². The molecule has 0 radical (unpaired) electrons. The second-order valence-electron chi connectivity index (χ2n) is 5.85. The zero-order valence-electron chi connectivity index (χ0n) is 11.7. The molecule has 1 aromatic carbocycles. The molecule has 108 valence electrons. The van der Waals surface area contributed by atoms with Gasteiger partial charge in [0.2, 0.25) is 0 Å². The van der Waals surface area contributed by atoms with Gasteiger partial charge in [-0.3, -0.25) is 4.79 Å². The highest BCUT2D eigenvalue weighted by Gasteiger charge is 2.42. The van der Waals surface area contributed by atoms with Crippen molar-refractivity contribution in [1.29, 1.82) is 0 Å². The average Bonchev–Trinajstić information content (AvgIpc) is 2.88. The number of thioether (sulfide) groups is 1. The predicted octanol–water partition coefficient (Wildman–Crippen LogP) is 3.62. The Kier molecular flexibility index (Phi) is 3.87. The Labute approximate surface area is 123 Å². The van der Waals surface area contributed by atoms with E-state index < -0.39 is 0 Å². The maximum absolute atomic E-state index is 13.4. The van der Waals surface area contributed by atoms with Gasteiger partial charge in [-0.05, 0) is 49.6 Å². The summed E-state index contributed by atoms with van der Waals surface area (Å²) >= 11 is 1.90. The van der Waals surface area contributed by atoms with Crippen molar-refractivity contribution in [2.24, 2.45) is 5.92 Å². The van der Waals surface area contributed by atoms with Gasteiger partial charge in [0, 0.05) is 23.8 Å². The number of halogens is 1. The van der Waals surface area contributed by atoms with Crippen LogP contribution >= 0.6 is 11.8 Å². The zero-order valence-corrected chi connectivity index (χ0v) is 12.5. The highest BCUT2D eigenvalue weighted by Crippen LogP contribution is 2.41. The Morgan fingerprint density at radius 1 is 1.50 bits per heavy atom. The minimum atomic E-state index is -0.336. The molecule has 2 nitrogen and oxygen atoms in total. The molecular formula is C16H19FO2S. The van der Waals surface area contributed by atoms with E-state index in [1.807, 2.05) is 18.7 Å². The largest absolute Gasteiger partial charge is 0.374 e. The smallest absolute Gasteiger partial charge is 0.166 e. The number of Topliss-reactive ketones (excluding diaryl/α,β-unsaturated/α-hetero) is 1. The first-order valence-electron chi connectivity index (χ1n) is 7.12. The van der Waals surface area contributed by atoms with Crippen LogP contribution in [0.25, 0.3) is 0 Å². The number of aryl methyl sites for hydroxylation is 1. The summed E-state index contributed by atoms with van der Waals surface area (Å²) in [6.45, 7) is 2.51. The van der Waals surface area contributed by atoms with Gasteiger partial charge in [-0.15, -0.1) is 0 Å². The Balaban J connectivity index is 1.81. The summed E-state index contributed by atoms with van der Waals surface area (Å²) in [5.41, 5.74) is 1.29. The summed E-state index contributed by atoms with van der Waals surface area (Å²) in [7, 11) is 0. The SMILES string of the molecule is Cc1ccc(F)cc1C(=O)C1CCOC2(CCSC2)C1. The maximum atomic E-state index is 13.4.